The molecule has 0 saturated carbocycles. The highest BCUT2D eigenvalue weighted by molar-refractivity contribution is 5.26. The summed E-state index contributed by atoms with van der Waals surface area (Å²) in [7, 11) is 0. The van der Waals surface area contributed by atoms with Crippen molar-refractivity contribution in [3.63, 3.8) is 0 Å². The zero-order chi connectivity index (χ0) is 12.5. The second kappa shape index (κ2) is 4.33. The molecule has 1 aliphatic heterocycles. The van der Waals surface area contributed by atoms with Gasteiger partial charge in [-0.25, -0.2) is 0 Å². The van der Waals surface area contributed by atoms with Gasteiger partial charge in [0.05, 0.1) is 5.56 Å². The van der Waals surface area contributed by atoms with Crippen LogP contribution in [0.2, 0.25) is 0 Å². The Kier molecular flexibility index (Phi) is 3.17. The molecule has 0 spiro atoms. The van der Waals surface area contributed by atoms with Crippen molar-refractivity contribution in [1.82, 2.24) is 5.32 Å². The third-order valence-corrected chi connectivity index (χ3v) is 3.34. The van der Waals surface area contributed by atoms with Crippen molar-refractivity contribution in [1.29, 1.82) is 0 Å². The lowest BCUT2D eigenvalue weighted by atomic mass is 9.83. The Hall–Kier alpha value is -1.03. The maximum Gasteiger partial charge on any atom is 0.416 e. The quantitative estimate of drug-likeness (QED) is 0.840. The van der Waals surface area contributed by atoms with Crippen LogP contribution in [-0.2, 0) is 12.6 Å². The molecule has 1 unspecified atom stereocenters. The number of hydrogen-bond acceptors (Lipinski definition) is 1. The van der Waals surface area contributed by atoms with Gasteiger partial charge < -0.3 is 5.32 Å². The Morgan fingerprint density at radius 1 is 1.35 bits per heavy atom. The number of halogens is 3. The van der Waals surface area contributed by atoms with Crippen molar-refractivity contribution < 1.29 is 13.2 Å². The first kappa shape index (κ1) is 12.4. The second-order valence-electron chi connectivity index (χ2n) is 5.11. The average molecular weight is 243 g/mol. The van der Waals surface area contributed by atoms with Gasteiger partial charge >= 0.3 is 6.18 Å². The highest BCUT2D eigenvalue weighted by Crippen LogP contribution is 2.33. The predicted molar refractivity (Wildman–Crippen MR) is 60.7 cm³/mol. The number of benzene rings is 1. The minimum absolute atomic E-state index is 0.0875. The van der Waals surface area contributed by atoms with Crippen LogP contribution in [0.4, 0.5) is 13.2 Å². The molecule has 1 atom stereocenters. The molecule has 0 radical (unpaired) electrons. The first-order valence-corrected chi connectivity index (χ1v) is 5.76. The normalized spacial score (nSPS) is 25.2. The van der Waals surface area contributed by atoms with Crippen molar-refractivity contribution >= 4 is 0 Å². The first-order valence-electron chi connectivity index (χ1n) is 5.76. The molecule has 2 rings (SSSR count). The van der Waals surface area contributed by atoms with Crippen LogP contribution in [0.5, 0.6) is 0 Å². The summed E-state index contributed by atoms with van der Waals surface area (Å²) in [6, 6.07) is 5.66. The van der Waals surface area contributed by atoms with E-state index in [4.69, 9.17) is 0 Å². The Morgan fingerprint density at radius 2 is 2.12 bits per heavy atom. The van der Waals surface area contributed by atoms with Gasteiger partial charge in [-0.3, -0.25) is 0 Å². The van der Waals surface area contributed by atoms with E-state index >= 15 is 0 Å². The van der Waals surface area contributed by atoms with Crippen molar-refractivity contribution in [3.05, 3.63) is 35.4 Å². The van der Waals surface area contributed by atoms with E-state index in [9.17, 15) is 13.2 Å². The monoisotopic (exact) mass is 243 g/mol. The minimum Gasteiger partial charge on any atom is -0.316 e. The molecule has 1 aromatic rings. The van der Waals surface area contributed by atoms with Crippen LogP contribution < -0.4 is 5.32 Å². The standard InChI is InChI=1S/C13H16F3N/c1-12(5-6-17-9-12)8-10-3-2-4-11(7-10)13(14,15)16/h2-4,7,17H,5-6,8-9H2,1H3. The van der Waals surface area contributed by atoms with E-state index < -0.39 is 11.7 Å². The van der Waals surface area contributed by atoms with E-state index in [1.54, 1.807) is 6.07 Å². The summed E-state index contributed by atoms with van der Waals surface area (Å²) >= 11 is 0. The zero-order valence-electron chi connectivity index (χ0n) is 9.77. The molecular formula is C13H16F3N. The maximum absolute atomic E-state index is 12.6. The van der Waals surface area contributed by atoms with Crippen molar-refractivity contribution in [3.8, 4) is 0 Å². The van der Waals surface area contributed by atoms with Crippen LogP contribution in [0.1, 0.15) is 24.5 Å². The number of nitrogens with one attached hydrogen (secondary N) is 1. The predicted octanol–water partition coefficient (Wildman–Crippen LogP) is 3.25. The molecular weight excluding hydrogens is 227 g/mol. The Bertz CT molecular complexity index is 392. The minimum atomic E-state index is -4.25. The second-order valence-corrected chi connectivity index (χ2v) is 5.11. The summed E-state index contributed by atoms with van der Waals surface area (Å²) in [4.78, 5) is 0. The molecule has 17 heavy (non-hydrogen) atoms. The van der Waals surface area contributed by atoms with E-state index in [1.807, 2.05) is 0 Å². The van der Waals surface area contributed by atoms with Gasteiger partial charge in [0.2, 0.25) is 0 Å². The lowest BCUT2D eigenvalue weighted by Gasteiger charge is -2.23. The first-order chi connectivity index (χ1) is 7.89. The van der Waals surface area contributed by atoms with Gasteiger partial charge in [0.25, 0.3) is 0 Å². The summed E-state index contributed by atoms with van der Waals surface area (Å²) in [5.41, 5.74) is 0.306. The molecule has 1 aliphatic rings. The van der Waals surface area contributed by atoms with Crippen LogP contribution >= 0.6 is 0 Å². The van der Waals surface area contributed by atoms with Crippen molar-refractivity contribution in [2.75, 3.05) is 13.1 Å². The highest BCUT2D eigenvalue weighted by atomic mass is 19.4. The summed E-state index contributed by atoms with van der Waals surface area (Å²) in [5, 5.41) is 3.26. The summed E-state index contributed by atoms with van der Waals surface area (Å²) in [6.45, 7) is 3.95. The van der Waals surface area contributed by atoms with Crippen LogP contribution in [0.25, 0.3) is 0 Å². The van der Waals surface area contributed by atoms with Crippen LogP contribution in [0.15, 0.2) is 24.3 Å². The van der Waals surface area contributed by atoms with Gasteiger partial charge in [-0.15, -0.1) is 0 Å². The largest absolute Gasteiger partial charge is 0.416 e. The molecule has 1 aromatic carbocycles. The number of hydrogen-bond donors (Lipinski definition) is 1. The Labute approximate surface area is 99.0 Å². The van der Waals surface area contributed by atoms with E-state index in [2.05, 4.69) is 12.2 Å². The topological polar surface area (TPSA) is 12.0 Å². The summed E-state index contributed by atoms with van der Waals surface area (Å²) < 4.78 is 37.7. The zero-order valence-corrected chi connectivity index (χ0v) is 9.77. The van der Waals surface area contributed by atoms with E-state index in [1.165, 1.54) is 12.1 Å². The average Bonchev–Trinajstić information content (AvgIpc) is 2.64. The van der Waals surface area contributed by atoms with Gasteiger partial charge in [-0.1, -0.05) is 25.1 Å². The lowest BCUT2D eigenvalue weighted by molar-refractivity contribution is -0.137. The molecule has 0 aliphatic carbocycles. The molecule has 1 saturated heterocycles. The molecule has 0 aromatic heterocycles. The molecule has 4 heteroatoms. The molecule has 0 bridgehead atoms. The molecule has 1 heterocycles. The van der Waals surface area contributed by atoms with Gasteiger partial charge in [-0.05, 0) is 36.4 Å². The van der Waals surface area contributed by atoms with Crippen molar-refractivity contribution in [2.45, 2.75) is 25.9 Å². The van der Waals surface area contributed by atoms with E-state index in [0.29, 0.717) is 6.42 Å². The maximum atomic E-state index is 12.6. The summed E-state index contributed by atoms with van der Waals surface area (Å²) in [6.07, 6.45) is -2.53. The molecule has 0 amide bonds. The fourth-order valence-electron chi connectivity index (χ4n) is 2.37. The molecule has 1 nitrogen and oxygen atoms in total. The third-order valence-electron chi connectivity index (χ3n) is 3.34. The van der Waals surface area contributed by atoms with Gasteiger partial charge in [0.15, 0.2) is 0 Å². The summed E-state index contributed by atoms with van der Waals surface area (Å²) in [5.74, 6) is 0. The van der Waals surface area contributed by atoms with Gasteiger partial charge in [0.1, 0.15) is 0 Å². The van der Waals surface area contributed by atoms with Crippen LogP contribution in [0, 0.1) is 5.41 Å². The number of rotatable bonds is 2. The molecule has 94 valence electrons. The van der Waals surface area contributed by atoms with Crippen LogP contribution in [0.3, 0.4) is 0 Å². The van der Waals surface area contributed by atoms with Crippen LogP contribution in [-0.4, -0.2) is 13.1 Å². The molecule has 1 fully saturated rings. The van der Waals surface area contributed by atoms with Crippen molar-refractivity contribution in [2.24, 2.45) is 5.41 Å². The van der Waals surface area contributed by atoms with E-state index in [-0.39, 0.29) is 5.41 Å². The Morgan fingerprint density at radius 3 is 2.71 bits per heavy atom. The van der Waals surface area contributed by atoms with Gasteiger partial charge in [0, 0.05) is 6.54 Å². The Balaban J connectivity index is 2.17. The third kappa shape index (κ3) is 3.00. The fourth-order valence-corrected chi connectivity index (χ4v) is 2.37. The van der Waals surface area contributed by atoms with Gasteiger partial charge in [-0.2, -0.15) is 13.2 Å². The fraction of sp³-hybridized carbons (Fsp3) is 0.538. The highest BCUT2D eigenvalue weighted by Gasteiger charge is 2.32. The lowest BCUT2D eigenvalue weighted by Crippen LogP contribution is -2.22. The smallest absolute Gasteiger partial charge is 0.316 e. The number of alkyl halides is 3. The van der Waals surface area contributed by atoms with E-state index in [0.717, 1.165) is 31.1 Å². The SMILES string of the molecule is CC1(Cc2cccc(C(F)(F)F)c2)CCNC1. The molecule has 1 N–H and O–H groups in total.